The summed E-state index contributed by atoms with van der Waals surface area (Å²) in [7, 11) is 0. The van der Waals surface area contributed by atoms with Crippen molar-refractivity contribution in [1.82, 2.24) is 15.4 Å². The molecule has 3 heterocycles. The van der Waals surface area contributed by atoms with E-state index in [2.05, 4.69) is 20.4 Å². The molecule has 1 amide bonds. The summed E-state index contributed by atoms with van der Waals surface area (Å²) >= 11 is 7.13. The maximum absolute atomic E-state index is 12.3. The van der Waals surface area contributed by atoms with Gasteiger partial charge in [-0.15, -0.1) is 11.3 Å². The van der Waals surface area contributed by atoms with Gasteiger partial charge in [0.05, 0.1) is 33.8 Å². The lowest BCUT2D eigenvalue weighted by atomic mass is 9.97. The summed E-state index contributed by atoms with van der Waals surface area (Å²) in [4.78, 5) is 31.4. The summed E-state index contributed by atoms with van der Waals surface area (Å²) in [6, 6.07) is 11.0. The third-order valence-electron chi connectivity index (χ3n) is 5.54. The van der Waals surface area contributed by atoms with Crippen molar-refractivity contribution in [3.8, 4) is 11.3 Å². The van der Waals surface area contributed by atoms with Crippen LogP contribution in [-0.2, 0) is 16.1 Å². The third kappa shape index (κ3) is 6.03. The molecule has 1 fully saturated rings. The fourth-order valence-corrected chi connectivity index (χ4v) is 4.64. The monoisotopic (exact) mass is 500 g/mol. The van der Waals surface area contributed by atoms with Gasteiger partial charge < -0.3 is 19.5 Å². The molecule has 0 atom stereocenters. The molecule has 3 aromatic rings. The van der Waals surface area contributed by atoms with E-state index in [0.29, 0.717) is 21.5 Å². The van der Waals surface area contributed by atoms with Crippen LogP contribution >= 0.6 is 22.9 Å². The molecule has 10 heteroatoms. The van der Waals surface area contributed by atoms with E-state index in [4.69, 9.17) is 20.9 Å². The second-order valence-corrected chi connectivity index (χ2v) is 9.54. The Kier molecular flexibility index (Phi) is 7.97. The van der Waals surface area contributed by atoms with Gasteiger partial charge in [0.25, 0.3) is 5.91 Å². The maximum atomic E-state index is 12.3. The number of nitrogens with zero attached hydrogens (tertiary/aromatic N) is 3. The predicted molar refractivity (Wildman–Crippen MR) is 132 cm³/mol. The molecule has 0 aliphatic carbocycles. The molecular formula is C24H25ClN4O4S. The number of halogens is 1. The predicted octanol–water partition coefficient (Wildman–Crippen LogP) is 4.92. The van der Waals surface area contributed by atoms with E-state index >= 15 is 0 Å². The highest BCUT2D eigenvalue weighted by Gasteiger charge is 2.24. The Labute approximate surface area is 206 Å². The van der Waals surface area contributed by atoms with Crippen LogP contribution in [0.5, 0.6) is 0 Å². The maximum Gasteiger partial charge on any atom is 0.309 e. The van der Waals surface area contributed by atoms with Gasteiger partial charge in [-0.3, -0.25) is 9.59 Å². The standard InChI is InChI=1S/C24H25ClN4O4S/c1-2-32-24(31)17-9-11-29(12-10-17)15-27-19-5-3-16(4-6-19)22-18(14-33-28-22)13-26-23(30)20-7-8-21(25)34-20/h3-8,14-15,17H,2,9-13H2,1H3,(H,26,30). The number of carbonyl (C=O) groups excluding carboxylic acids is 2. The Balaban J connectivity index is 1.31. The van der Waals surface area contributed by atoms with E-state index < -0.39 is 0 Å². The van der Waals surface area contributed by atoms with E-state index in [1.807, 2.05) is 37.5 Å². The van der Waals surface area contributed by atoms with Gasteiger partial charge in [-0.05, 0) is 44.0 Å². The Morgan fingerprint density at radius 2 is 2.03 bits per heavy atom. The van der Waals surface area contributed by atoms with E-state index in [9.17, 15) is 9.59 Å². The number of carbonyl (C=O) groups is 2. The molecule has 0 saturated carbocycles. The molecule has 2 aromatic heterocycles. The molecule has 0 bridgehead atoms. The smallest absolute Gasteiger partial charge is 0.309 e. The average Bonchev–Trinajstić information content (AvgIpc) is 3.51. The van der Waals surface area contributed by atoms with Gasteiger partial charge in [0, 0.05) is 30.8 Å². The van der Waals surface area contributed by atoms with Crippen LogP contribution in [0.3, 0.4) is 0 Å². The van der Waals surface area contributed by atoms with Gasteiger partial charge in [-0.2, -0.15) is 0 Å². The van der Waals surface area contributed by atoms with Crippen LogP contribution < -0.4 is 5.32 Å². The normalized spacial score (nSPS) is 14.5. The van der Waals surface area contributed by atoms with Crippen molar-refractivity contribution in [3.63, 3.8) is 0 Å². The Morgan fingerprint density at radius 3 is 2.71 bits per heavy atom. The Hall–Kier alpha value is -3.17. The number of likely N-dealkylation sites (tertiary alicyclic amines) is 1. The van der Waals surface area contributed by atoms with Gasteiger partial charge in [0.2, 0.25) is 0 Å². The molecule has 8 nitrogen and oxygen atoms in total. The Bertz CT molecular complexity index is 1150. The topological polar surface area (TPSA) is 97.0 Å². The highest BCUT2D eigenvalue weighted by atomic mass is 35.5. The van der Waals surface area contributed by atoms with Gasteiger partial charge in [0.15, 0.2) is 0 Å². The molecule has 0 spiro atoms. The number of hydrogen-bond acceptors (Lipinski definition) is 7. The molecular weight excluding hydrogens is 476 g/mol. The first-order valence-corrected chi connectivity index (χ1v) is 12.2. The molecule has 178 valence electrons. The van der Waals surface area contributed by atoms with Crippen LogP contribution in [0.1, 0.15) is 35.0 Å². The highest BCUT2D eigenvalue weighted by molar-refractivity contribution is 7.17. The molecule has 0 radical (unpaired) electrons. The zero-order chi connectivity index (χ0) is 23.9. The minimum absolute atomic E-state index is 0.0200. The first-order valence-electron chi connectivity index (χ1n) is 11.1. The number of hydrogen-bond donors (Lipinski definition) is 1. The number of aliphatic imine (C=N–C) groups is 1. The van der Waals surface area contributed by atoms with Crippen molar-refractivity contribution in [2.24, 2.45) is 10.9 Å². The van der Waals surface area contributed by atoms with Crippen molar-refractivity contribution in [1.29, 1.82) is 0 Å². The summed E-state index contributed by atoms with van der Waals surface area (Å²) in [5.41, 5.74) is 3.12. The van der Waals surface area contributed by atoms with Crippen molar-refractivity contribution >= 4 is 46.8 Å². The SMILES string of the molecule is CCOC(=O)C1CCN(C=Nc2ccc(-c3nocc3CNC(=O)c3ccc(Cl)s3)cc2)CC1. The average molecular weight is 501 g/mol. The lowest BCUT2D eigenvalue weighted by Gasteiger charge is -2.29. The number of esters is 1. The first kappa shape index (κ1) is 24.0. The zero-order valence-corrected chi connectivity index (χ0v) is 20.3. The zero-order valence-electron chi connectivity index (χ0n) is 18.7. The van der Waals surface area contributed by atoms with Gasteiger partial charge >= 0.3 is 5.97 Å². The van der Waals surface area contributed by atoms with Crippen LogP contribution in [0.2, 0.25) is 4.34 Å². The molecule has 1 aliphatic heterocycles. The van der Waals surface area contributed by atoms with Crippen LogP contribution in [0.4, 0.5) is 5.69 Å². The van der Waals surface area contributed by atoms with Crippen molar-refractivity contribution in [2.75, 3.05) is 19.7 Å². The largest absolute Gasteiger partial charge is 0.466 e. The fraction of sp³-hybridized carbons (Fsp3) is 0.333. The number of nitrogens with one attached hydrogen (secondary N) is 1. The lowest BCUT2D eigenvalue weighted by molar-refractivity contribution is -0.149. The first-order chi connectivity index (χ1) is 16.5. The van der Waals surface area contributed by atoms with Crippen molar-refractivity contribution in [3.05, 3.63) is 57.4 Å². The Morgan fingerprint density at radius 1 is 1.26 bits per heavy atom. The second-order valence-electron chi connectivity index (χ2n) is 7.83. The molecule has 1 aliphatic rings. The number of amides is 1. The fourth-order valence-electron chi connectivity index (χ4n) is 3.68. The minimum atomic E-state index is -0.194. The molecule has 34 heavy (non-hydrogen) atoms. The van der Waals surface area contributed by atoms with Crippen LogP contribution in [0.25, 0.3) is 11.3 Å². The summed E-state index contributed by atoms with van der Waals surface area (Å²) in [5.74, 6) is -0.314. The number of thiophene rings is 1. The summed E-state index contributed by atoms with van der Waals surface area (Å²) < 4.78 is 10.8. The number of ether oxygens (including phenoxy) is 1. The second kappa shape index (κ2) is 11.3. The van der Waals surface area contributed by atoms with E-state index in [-0.39, 0.29) is 24.3 Å². The third-order valence-corrected chi connectivity index (χ3v) is 6.77. The molecule has 1 N–H and O–H groups in total. The van der Waals surface area contributed by atoms with Gasteiger partial charge in [0.1, 0.15) is 12.0 Å². The number of benzene rings is 1. The molecule has 1 aromatic carbocycles. The lowest BCUT2D eigenvalue weighted by Crippen LogP contribution is -2.36. The van der Waals surface area contributed by atoms with E-state index in [0.717, 1.165) is 42.7 Å². The number of aromatic nitrogens is 1. The summed E-state index contributed by atoms with van der Waals surface area (Å²) in [6.07, 6.45) is 4.90. The van der Waals surface area contributed by atoms with Crippen molar-refractivity contribution < 1.29 is 18.8 Å². The summed E-state index contributed by atoms with van der Waals surface area (Å²) in [6.45, 7) is 4.09. The van der Waals surface area contributed by atoms with Gasteiger partial charge in [-0.25, -0.2) is 4.99 Å². The highest BCUT2D eigenvalue weighted by Crippen LogP contribution is 2.26. The number of piperidine rings is 1. The quantitative estimate of drug-likeness (QED) is 0.268. The molecule has 0 unspecified atom stereocenters. The van der Waals surface area contributed by atoms with Crippen LogP contribution in [-0.4, -0.2) is 48.0 Å². The molecule has 4 rings (SSSR count). The minimum Gasteiger partial charge on any atom is -0.466 e. The van der Waals surface area contributed by atoms with Crippen molar-refractivity contribution in [2.45, 2.75) is 26.3 Å². The summed E-state index contributed by atoms with van der Waals surface area (Å²) in [5, 5.41) is 6.96. The molecule has 1 saturated heterocycles. The van der Waals surface area contributed by atoms with Gasteiger partial charge in [-0.1, -0.05) is 28.9 Å². The van der Waals surface area contributed by atoms with E-state index in [1.165, 1.54) is 17.6 Å². The van der Waals surface area contributed by atoms with Crippen LogP contribution in [0, 0.1) is 5.92 Å². The number of rotatable bonds is 8. The van der Waals surface area contributed by atoms with E-state index in [1.54, 1.807) is 12.1 Å². The van der Waals surface area contributed by atoms with Crippen LogP contribution in [0.15, 0.2) is 52.2 Å².